The number of nitrogens with zero attached hydrogens (tertiary/aromatic N) is 1. The summed E-state index contributed by atoms with van der Waals surface area (Å²) in [4.78, 5) is 13.6. The molecule has 0 spiro atoms. The van der Waals surface area contributed by atoms with Crippen LogP contribution in [0, 0.1) is 0 Å². The van der Waals surface area contributed by atoms with E-state index in [1.807, 2.05) is 25.7 Å². The number of hydrogen-bond donors (Lipinski definition) is 1. The van der Waals surface area contributed by atoms with Crippen molar-refractivity contribution in [2.24, 2.45) is 5.73 Å². The van der Waals surface area contributed by atoms with Gasteiger partial charge in [-0.1, -0.05) is 0 Å². The smallest absolute Gasteiger partial charge is 0.239 e. The lowest BCUT2D eigenvalue weighted by Gasteiger charge is -2.45. The van der Waals surface area contributed by atoms with Gasteiger partial charge in [-0.25, -0.2) is 0 Å². The molecule has 1 amide bonds. The molecule has 0 aliphatic carbocycles. The van der Waals surface area contributed by atoms with E-state index in [2.05, 4.69) is 0 Å². The summed E-state index contributed by atoms with van der Waals surface area (Å²) in [5, 5.41) is 0. The lowest BCUT2D eigenvalue weighted by atomic mass is 9.96. The first-order chi connectivity index (χ1) is 6.36. The van der Waals surface area contributed by atoms with Gasteiger partial charge in [0.05, 0.1) is 24.3 Å². The first-order valence-corrected chi connectivity index (χ1v) is 5.06. The zero-order chi connectivity index (χ0) is 10.9. The summed E-state index contributed by atoms with van der Waals surface area (Å²) in [7, 11) is 0. The van der Waals surface area contributed by atoms with Crippen LogP contribution < -0.4 is 5.73 Å². The van der Waals surface area contributed by atoms with E-state index in [1.165, 1.54) is 0 Å². The van der Waals surface area contributed by atoms with Gasteiger partial charge in [0.15, 0.2) is 0 Å². The van der Waals surface area contributed by atoms with Gasteiger partial charge in [0.25, 0.3) is 0 Å². The van der Waals surface area contributed by atoms with Crippen LogP contribution >= 0.6 is 0 Å². The number of morpholine rings is 1. The van der Waals surface area contributed by atoms with Gasteiger partial charge in [0.2, 0.25) is 5.91 Å². The molecule has 1 heterocycles. The van der Waals surface area contributed by atoms with Gasteiger partial charge in [-0.3, -0.25) is 4.79 Å². The fraction of sp³-hybridized carbons (Fsp3) is 0.900. The van der Waals surface area contributed by atoms with Crippen LogP contribution in [0.5, 0.6) is 0 Å². The summed E-state index contributed by atoms with van der Waals surface area (Å²) < 4.78 is 5.60. The van der Waals surface area contributed by atoms with Crippen molar-refractivity contribution in [3.8, 4) is 0 Å². The lowest BCUT2D eigenvalue weighted by Crippen LogP contribution is -2.59. The number of rotatable bonds is 1. The molecular formula is C10H20N2O2. The van der Waals surface area contributed by atoms with E-state index in [-0.39, 0.29) is 17.6 Å². The van der Waals surface area contributed by atoms with E-state index >= 15 is 0 Å². The summed E-state index contributed by atoms with van der Waals surface area (Å²) in [6.07, 6.45) is 0. The van der Waals surface area contributed by atoms with Gasteiger partial charge in [-0.15, -0.1) is 0 Å². The van der Waals surface area contributed by atoms with Crippen molar-refractivity contribution in [2.75, 3.05) is 13.2 Å². The molecule has 14 heavy (non-hydrogen) atoms. The Morgan fingerprint density at radius 1 is 1.64 bits per heavy atom. The van der Waals surface area contributed by atoms with Crippen molar-refractivity contribution in [3.63, 3.8) is 0 Å². The molecule has 4 heteroatoms. The monoisotopic (exact) mass is 200 g/mol. The van der Waals surface area contributed by atoms with Crippen LogP contribution in [0.2, 0.25) is 0 Å². The normalized spacial score (nSPS) is 28.6. The summed E-state index contributed by atoms with van der Waals surface area (Å²) in [5.41, 5.74) is 5.31. The van der Waals surface area contributed by atoms with Crippen LogP contribution in [0.1, 0.15) is 27.7 Å². The molecule has 0 radical (unpaired) electrons. The van der Waals surface area contributed by atoms with Gasteiger partial charge in [0, 0.05) is 6.54 Å². The number of nitrogens with two attached hydrogens (primary N) is 1. The second kappa shape index (κ2) is 3.87. The quantitative estimate of drug-likeness (QED) is 0.665. The minimum atomic E-state index is -0.425. The predicted octanol–water partition coefficient (Wildman–Crippen LogP) is 0.359. The highest BCUT2D eigenvalue weighted by Crippen LogP contribution is 2.24. The van der Waals surface area contributed by atoms with E-state index in [0.29, 0.717) is 13.2 Å². The predicted molar refractivity (Wildman–Crippen MR) is 54.9 cm³/mol. The molecule has 82 valence electrons. The molecular weight excluding hydrogens is 180 g/mol. The Morgan fingerprint density at radius 3 is 2.71 bits per heavy atom. The maximum atomic E-state index is 11.7. The fourth-order valence-corrected chi connectivity index (χ4v) is 1.66. The highest BCUT2D eigenvalue weighted by atomic mass is 16.5. The average Bonchev–Trinajstić information content (AvgIpc) is 2.08. The Morgan fingerprint density at radius 2 is 2.21 bits per heavy atom. The molecule has 1 aliphatic heterocycles. The van der Waals surface area contributed by atoms with E-state index in [0.717, 1.165) is 0 Å². The maximum Gasteiger partial charge on any atom is 0.239 e. The van der Waals surface area contributed by atoms with Crippen molar-refractivity contribution in [2.45, 2.75) is 45.4 Å². The Bertz CT molecular complexity index is 226. The topological polar surface area (TPSA) is 55.6 Å². The number of ether oxygens (including phenoxy) is 1. The van der Waals surface area contributed by atoms with Gasteiger partial charge < -0.3 is 15.4 Å². The molecule has 1 saturated heterocycles. The molecule has 2 N–H and O–H groups in total. The second-order valence-corrected chi connectivity index (χ2v) is 4.45. The molecule has 0 aromatic heterocycles. The molecule has 1 aliphatic rings. The minimum Gasteiger partial charge on any atom is -0.372 e. The van der Waals surface area contributed by atoms with Gasteiger partial charge in [0.1, 0.15) is 0 Å². The van der Waals surface area contributed by atoms with Crippen LogP contribution in [-0.2, 0) is 9.53 Å². The van der Waals surface area contributed by atoms with Crippen molar-refractivity contribution in [1.82, 2.24) is 4.90 Å². The van der Waals surface area contributed by atoms with Crippen LogP contribution in [0.25, 0.3) is 0 Å². The Balaban J connectivity index is 2.75. The van der Waals surface area contributed by atoms with E-state index in [9.17, 15) is 4.79 Å². The second-order valence-electron chi connectivity index (χ2n) is 4.45. The molecule has 1 fully saturated rings. The first kappa shape index (κ1) is 11.5. The Kier molecular flexibility index (Phi) is 3.17. The van der Waals surface area contributed by atoms with Gasteiger partial charge in [-0.2, -0.15) is 0 Å². The molecule has 0 aromatic rings. The standard InChI is InChI=1S/C10H20N2O2/c1-7(11)9(13)12-5-6-14-10(3,4)8(12)2/h7-8H,5-6,11H2,1-4H3/t7-,8?/m1/s1. The summed E-state index contributed by atoms with van der Waals surface area (Å²) in [6, 6.07) is -0.346. The highest BCUT2D eigenvalue weighted by molar-refractivity contribution is 5.81. The fourth-order valence-electron chi connectivity index (χ4n) is 1.66. The minimum absolute atomic E-state index is 0.00822. The number of carbonyl (C=O) groups excluding carboxylic acids is 1. The Hall–Kier alpha value is -0.610. The summed E-state index contributed by atoms with van der Waals surface area (Å²) >= 11 is 0. The van der Waals surface area contributed by atoms with E-state index < -0.39 is 6.04 Å². The number of amides is 1. The molecule has 2 atom stereocenters. The zero-order valence-electron chi connectivity index (χ0n) is 9.41. The lowest BCUT2D eigenvalue weighted by molar-refractivity contribution is -0.158. The summed E-state index contributed by atoms with van der Waals surface area (Å²) in [6.45, 7) is 8.95. The largest absolute Gasteiger partial charge is 0.372 e. The maximum absolute atomic E-state index is 11.7. The van der Waals surface area contributed by atoms with Crippen LogP contribution in [0.4, 0.5) is 0 Å². The first-order valence-electron chi connectivity index (χ1n) is 5.06. The van der Waals surface area contributed by atoms with E-state index in [1.54, 1.807) is 6.92 Å². The van der Waals surface area contributed by atoms with Gasteiger partial charge >= 0.3 is 0 Å². The van der Waals surface area contributed by atoms with Crippen LogP contribution in [0.3, 0.4) is 0 Å². The van der Waals surface area contributed by atoms with Crippen molar-refractivity contribution in [3.05, 3.63) is 0 Å². The molecule has 1 unspecified atom stereocenters. The van der Waals surface area contributed by atoms with Crippen LogP contribution in [-0.4, -0.2) is 41.6 Å². The summed E-state index contributed by atoms with van der Waals surface area (Å²) in [5.74, 6) is 0.00822. The van der Waals surface area contributed by atoms with Crippen LogP contribution in [0.15, 0.2) is 0 Å². The zero-order valence-corrected chi connectivity index (χ0v) is 9.41. The third kappa shape index (κ3) is 2.07. The Labute approximate surface area is 85.4 Å². The van der Waals surface area contributed by atoms with Crippen molar-refractivity contribution in [1.29, 1.82) is 0 Å². The van der Waals surface area contributed by atoms with Crippen molar-refractivity contribution < 1.29 is 9.53 Å². The third-order valence-electron chi connectivity index (χ3n) is 2.95. The molecule has 4 nitrogen and oxygen atoms in total. The van der Waals surface area contributed by atoms with Gasteiger partial charge in [-0.05, 0) is 27.7 Å². The molecule has 0 aromatic carbocycles. The number of hydrogen-bond acceptors (Lipinski definition) is 3. The number of carbonyl (C=O) groups is 1. The van der Waals surface area contributed by atoms with E-state index in [4.69, 9.17) is 10.5 Å². The van der Waals surface area contributed by atoms with Crippen molar-refractivity contribution >= 4 is 5.91 Å². The molecule has 0 saturated carbocycles. The molecule has 1 rings (SSSR count). The highest BCUT2D eigenvalue weighted by Gasteiger charge is 2.38. The SMILES string of the molecule is CC1N(C(=O)[C@@H](C)N)CCOC1(C)C. The average molecular weight is 200 g/mol. The molecule has 0 bridgehead atoms. The third-order valence-corrected chi connectivity index (χ3v) is 2.95.